The van der Waals surface area contributed by atoms with Crippen LogP contribution >= 0.6 is 23.2 Å². The zero-order valence-corrected chi connectivity index (χ0v) is 23.1. The van der Waals surface area contributed by atoms with Crippen LogP contribution in [0.5, 0.6) is 0 Å². The Morgan fingerprint density at radius 1 is 1.00 bits per heavy atom. The van der Waals surface area contributed by atoms with E-state index in [1.807, 2.05) is 55.5 Å². The summed E-state index contributed by atoms with van der Waals surface area (Å²) >= 11 is 12.1. The topological polar surface area (TPSA) is 54.4 Å². The van der Waals surface area contributed by atoms with Crippen LogP contribution in [0.15, 0.2) is 77.9 Å². The molecule has 4 aromatic rings. The molecule has 0 aliphatic rings. The van der Waals surface area contributed by atoms with Gasteiger partial charge in [-0.25, -0.2) is 10.4 Å². The van der Waals surface area contributed by atoms with Crippen LogP contribution in [-0.2, 0) is 5.41 Å². The van der Waals surface area contributed by atoms with Gasteiger partial charge < -0.3 is 0 Å². The predicted octanol–water partition coefficient (Wildman–Crippen LogP) is 8.31. The number of pyridine rings is 1. The van der Waals surface area contributed by atoms with Gasteiger partial charge in [0, 0.05) is 21.9 Å². The quantitative estimate of drug-likeness (QED) is 0.148. The summed E-state index contributed by atoms with van der Waals surface area (Å²) in [6.45, 7) is 8.55. The minimum atomic E-state index is -0.289. The maximum atomic E-state index is 13.5. The van der Waals surface area contributed by atoms with E-state index in [0.29, 0.717) is 28.6 Å². The van der Waals surface area contributed by atoms with Gasteiger partial charge in [-0.3, -0.25) is 4.79 Å². The second kappa shape index (κ2) is 11.5. The summed E-state index contributed by atoms with van der Waals surface area (Å²) in [4.78, 5) is 18.4. The third-order valence-electron chi connectivity index (χ3n) is 6.35. The maximum absolute atomic E-state index is 13.5. The van der Waals surface area contributed by atoms with Crippen molar-refractivity contribution in [2.24, 2.45) is 5.10 Å². The van der Waals surface area contributed by atoms with Gasteiger partial charge in [-0.1, -0.05) is 87.0 Å². The fourth-order valence-electron chi connectivity index (χ4n) is 4.19. The van der Waals surface area contributed by atoms with Crippen molar-refractivity contribution in [2.75, 3.05) is 5.88 Å². The molecule has 0 unspecified atom stereocenters. The van der Waals surface area contributed by atoms with Crippen molar-refractivity contribution in [3.8, 4) is 11.3 Å². The molecule has 6 heteroatoms. The van der Waals surface area contributed by atoms with E-state index in [1.54, 1.807) is 0 Å². The van der Waals surface area contributed by atoms with Gasteiger partial charge in [0.15, 0.2) is 0 Å². The van der Waals surface area contributed by atoms with Crippen molar-refractivity contribution >= 4 is 45.7 Å². The molecule has 0 fully saturated rings. The number of para-hydroxylation sites is 1. The number of amides is 1. The van der Waals surface area contributed by atoms with Gasteiger partial charge in [0.1, 0.15) is 0 Å². The van der Waals surface area contributed by atoms with E-state index in [9.17, 15) is 4.79 Å². The average molecular weight is 533 g/mol. The first-order valence-corrected chi connectivity index (χ1v) is 13.3. The first-order chi connectivity index (χ1) is 17.7. The van der Waals surface area contributed by atoms with Crippen molar-refractivity contribution in [1.82, 2.24) is 10.4 Å². The largest absolute Gasteiger partial charge is 0.272 e. The fraction of sp³-hybridized carbons (Fsp3) is 0.258. The zero-order chi connectivity index (χ0) is 26.6. The summed E-state index contributed by atoms with van der Waals surface area (Å²) in [6, 6.07) is 23.4. The Hall–Kier alpha value is -3.21. The van der Waals surface area contributed by atoms with Gasteiger partial charge in [-0.05, 0) is 60.1 Å². The smallest absolute Gasteiger partial charge is 0.267 e. The van der Waals surface area contributed by atoms with Crippen LogP contribution in [0.3, 0.4) is 0 Å². The number of fused-ring (bicyclic) bond motifs is 1. The van der Waals surface area contributed by atoms with E-state index in [4.69, 9.17) is 28.2 Å². The van der Waals surface area contributed by atoms with Crippen LogP contribution in [0.4, 0.5) is 0 Å². The molecule has 1 heterocycles. The van der Waals surface area contributed by atoms with Crippen LogP contribution in [0, 0.1) is 6.92 Å². The molecule has 4 rings (SSSR count). The lowest BCUT2D eigenvalue weighted by Crippen LogP contribution is -2.21. The maximum Gasteiger partial charge on any atom is 0.272 e. The number of hydrogen-bond acceptors (Lipinski definition) is 3. The molecular formula is C31H31Cl2N3O. The van der Waals surface area contributed by atoms with E-state index in [1.165, 1.54) is 5.56 Å². The van der Waals surface area contributed by atoms with Crippen LogP contribution in [-0.4, -0.2) is 22.5 Å². The minimum absolute atomic E-state index is 0.0581. The zero-order valence-electron chi connectivity index (χ0n) is 21.6. The first kappa shape index (κ1) is 26.8. The number of hydrogen-bond donors (Lipinski definition) is 1. The third kappa shape index (κ3) is 6.38. The number of carbonyl (C=O) groups excluding carboxylic acids is 1. The molecule has 1 N–H and O–H groups in total. The number of nitrogens with one attached hydrogen (secondary N) is 1. The Kier molecular flexibility index (Phi) is 8.31. The fourth-order valence-corrected chi connectivity index (χ4v) is 4.45. The molecule has 190 valence electrons. The lowest BCUT2D eigenvalue weighted by atomic mass is 9.86. The summed E-state index contributed by atoms with van der Waals surface area (Å²) in [5, 5.41) is 5.99. The molecule has 0 bridgehead atoms. The molecule has 4 nitrogen and oxygen atoms in total. The van der Waals surface area contributed by atoms with Crippen molar-refractivity contribution in [1.29, 1.82) is 0 Å². The molecular weight excluding hydrogens is 501 g/mol. The normalized spacial score (nSPS) is 12.1. The van der Waals surface area contributed by atoms with Crippen molar-refractivity contribution < 1.29 is 4.79 Å². The summed E-state index contributed by atoms with van der Waals surface area (Å²) < 4.78 is 0. The lowest BCUT2D eigenvalue weighted by Gasteiger charge is -2.19. The Balaban J connectivity index is 1.71. The number of alkyl halides is 1. The summed E-state index contributed by atoms with van der Waals surface area (Å²) in [5.74, 6) is 0.231. The monoisotopic (exact) mass is 531 g/mol. The molecule has 0 aliphatic heterocycles. The van der Waals surface area contributed by atoms with E-state index in [0.717, 1.165) is 39.7 Å². The van der Waals surface area contributed by atoms with Crippen LogP contribution < -0.4 is 5.43 Å². The highest BCUT2D eigenvalue weighted by atomic mass is 35.5. The van der Waals surface area contributed by atoms with Crippen molar-refractivity contribution in [3.05, 3.63) is 100 Å². The number of hydrazone groups is 1. The third-order valence-corrected chi connectivity index (χ3v) is 6.87. The van der Waals surface area contributed by atoms with E-state index < -0.39 is 0 Å². The number of halogens is 2. The molecule has 0 saturated carbocycles. The van der Waals surface area contributed by atoms with E-state index in [-0.39, 0.29) is 11.3 Å². The van der Waals surface area contributed by atoms with Gasteiger partial charge >= 0.3 is 0 Å². The number of aromatic nitrogens is 1. The van der Waals surface area contributed by atoms with Gasteiger partial charge in [-0.2, -0.15) is 5.10 Å². The molecule has 3 aromatic carbocycles. The number of benzene rings is 3. The first-order valence-electron chi connectivity index (χ1n) is 12.4. The second-order valence-electron chi connectivity index (χ2n) is 10.2. The summed E-state index contributed by atoms with van der Waals surface area (Å²) in [6.07, 6.45) is 1.42. The number of aryl methyl sites for hydroxylation is 1. The number of carbonyl (C=O) groups is 1. The highest BCUT2D eigenvalue weighted by molar-refractivity contribution is 6.30. The Morgan fingerprint density at radius 3 is 2.35 bits per heavy atom. The van der Waals surface area contributed by atoms with E-state index >= 15 is 0 Å². The highest BCUT2D eigenvalue weighted by Crippen LogP contribution is 2.28. The van der Waals surface area contributed by atoms with Crippen LogP contribution in [0.1, 0.15) is 60.7 Å². The molecule has 1 amide bonds. The van der Waals surface area contributed by atoms with Crippen LogP contribution in [0.2, 0.25) is 5.02 Å². The Labute approximate surface area is 228 Å². The average Bonchev–Trinajstić information content (AvgIpc) is 2.88. The standard InChI is InChI=1S/C31H31Cl2N3O/c1-20-7-5-8-25-26(19-28(34-29(20)25)22-12-16-24(33)17-13-22)30(37)36-35-27(9-6-18-32)21-10-14-23(15-11-21)31(2,3)4/h5,7-8,10-17,19H,6,9,18H2,1-4H3,(H,36,37)/b35-27-. The molecule has 0 radical (unpaired) electrons. The summed E-state index contributed by atoms with van der Waals surface area (Å²) in [7, 11) is 0. The number of rotatable bonds is 7. The summed E-state index contributed by atoms with van der Waals surface area (Å²) in [5.41, 5.74) is 9.74. The van der Waals surface area contributed by atoms with Crippen molar-refractivity contribution in [2.45, 2.75) is 46.0 Å². The molecule has 0 atom stereocenters. The Morgan fingerprint density at radius 2 is 1.70 bits per heavy atom. The SMILES string of the molecule is Cc1cccc2c(C(=O)N/N=C(/CCCCl)c3ccc(C(C)(C)C)cc3)cc(-c3ccc(Cl)cc3)nc12. The lowest BCUT2D eigenvalue weighted by molar-refractivity contribution is 0.0956. The van der Waals surface area contributed by atoms with Gasteiger partial charge in [-0.15, -0.1) is 11.6 Å². The predicted molar refractivity (Wildman–Crippen MR) is 156 cm³/mol. The second-order valence-corrected chi connectivity index (χ2v) is 11.0. The van der Waals surface area contributed by atoms with E-state index in [2.05, 4.69) is 55.6 Å². The van der Waals surface area contributed by atoms with Gasteiger partial charge in [0.05, 0.1) is 22.5 Å². The van der Waals surface area contributed by atoms with Crippen LogP contribution in [0.25, 0.3) is 22.2 Å². The number of nitrogens with zero attached hydrogens (tertiary/aromatic N) is 2. The van der Waals surface area contributed by atoms with Gasteiger partial charge in [0.25, 0.3) is 5.91 Å². The van der Waals surface area contributed by atoms with Crippen molar-refractivity contribution in [3.63, 3.8) is 0 Å². The molecule has 37 heavy (non-hydrogen) atoms. The Bertz CT molecular complexity index is 1440. The molecule has 1 aromatic heterocycles. The highest BCUT2D eigenvalue weighted by Gasteiger charge is 2.17. The minimum Gasteiger partial charge on any atom is -0.267 e. The van der Waals surface area contributed by atoms with Gasteiger partial charge in [0.2, 0.25) is 0 Å². The molecule has 0 aliphatic carbocycles. The molecule has 0 saturated heterocycles. The molecule has 0 spiro atoms.